The Morgan fingerprint density at radius 3 is 2.45 bits per heavy atom. The fourth-order valence-electron chi connectivity index (χ4n) is 1.51. The van der Waals surface area contributed by atoms with Crippen LogP contribution in [0.15, 0.2) is 23.1 Å². The Kier molecular flexibility index (Phi) is 5.38. The SMILES string of the molecule is COc1cc(S(=O)(=O)N[C@@H](C(=O)O)C(C)C)ccc1Cl. The van der Waals surface area contributed by atoms with Crippen LogP contribution in [-0.2, 0) is 14.8 Å². The minimum Gasteiger partial charge on any atom is -0.495 e. The highest BCUT2D eigenvalue weighted by Gasteiger charge is 2.28. The van der Waals surface area contributed by atoms with Gasteiger partial charge in [0, 0.05) is 6.07 Å². The van der Waals surface area contributed by atoms with Crippen molar-refractivity contribution in [2.45, 2.75) is 24.8 Å². The van der Waals surface area contributed by atoms with E-state index in [0.717, 1.165) is 0 Å². The molecule has 0 unspecified atom stereocenters. The molecule has 0 saturated heterocycles. The number of carboxylic acids is 1. The summed E-state index contributed by atoms with van der Waals surface area (Å²) >= 11 is 5.82. The normalized spacial score (nSPS) is 13.2. The van der Waals surface area contributed by atoms with Gasteiger partial charge < -0.3 is 9.84 Å². The zero-order valence-electron chi connectivity index (χ0n) is 11.3. The first-order chi connectivity index (χ1) is 9.19. The van der Waals surface area contributed by atoms with Gasteiger partial charge in [0.25, 0.3) is 0 Å². The van der Waals surface area contributed by atoms with E-state index in [1.165, 1.54) is 25.3 Å². The van der Waals surface area contributed by atoms with Crippen LogP contribution in [0.2, 0.25) is 5.02 Å². The van der Waals surface area contributed by atoms with Gasteiger partial charge in [-0.25, -0.2) is 8.42 Å². The van der Waals surface area contributed by atoms with Crippen LogP contribution in [-0.4, -0.2) is 32.6 Å². The number of nitrogens with one attached hydrogen (secondary N) is 1. The van der Waals surface area contributed by atoms with Gasteiger partial charge in [0.1, 0.15) is 11.8 Å². The second-order valence-corrected chi connectivity index (χ2v) is 6.60. The van der Waals surface area contributed by atoms with Crippen molar-refractivity contribution < 1.29 is 23.1 Å². The molecule has 0 saturated carbocycles. The molecule has 1 rings (SSSR count). The van der Waals surface area contributed by atoms with Gasteiger partial charge in [-0.1, -0.05) is 25.4 Å². The first kappa shape index (κ1) is 16.7. The lowest BCUT2D eigenvalue weighted by Gasteiger charge is -2.18. The number of methoxy groups -OCH3 is 1. The molecule has 1 aromatic carbocycles. The molecule has 0 fully saturated rings. The topological polar surface area (TPSA) is 92.7 Å². The molecule has 0 aliphatic rings. The van der Waals surface area contributed by atoms with Crippen molar-refractivity contribution >= 4 is 27.6 Å². The van der Waals surface area contributed by atoms with Crippen molar-refractivity contribution in [1.82, 2.24) is 4.72 Å². The van der Waals surface area contributed by atoms with Crippen molar-refractivity contribution in [1.29, 1.82) is 0 Å². The van der Waals surface area contributed by atoms with E-state index >= 15 is 0 Å². The number of aliphatic carboxylic acids is 1. The Hall–Kier alpha value is -1.31. The van der Waals surface area contributed by atoms with Crippen molar-refractivity contribution in [3.8, 4) is 5.75 Å². The van der Waals surface area contributed by atoms with E-state index in [1.54, 1.807) is 13.8 Å². The highest BCUT2D eigenvalue weighted by molar-refractivity contribution is 7.89. The highest BCUT2D eigenvalue weighted by atomic mass is 35.5. The van der Waals surface area contributed by atoms with Crippen LogP contribution in [0.3, 0.4) is 0 Å². The van der Waals surface area contributed by atoms with E-state index < -0.39 is 28.0 Å². The van der Waals surface area contributed by atoms with Gasteiger partial charge in [0.2, 0.25) is 10.0 Å². The summed E-state index contributed by atoms with van der Waals surface area (Å²) in [5.74, 6) is -1.42. The fourth-order valence-corrected chi connectivity index (χ4v) is 3.06. The molecule has 0 radical (unpaired) electrons. The second-order valence-electron chi connectivity index (χ2n) is 4.48. The number of carboxylic acid groups (broad SMARTS) is 1. The maximum absolute atomic E-state index is 12.2. The zero-order chi connectivity index (χ0) is 15.5. The average molecular weight is 322 g/mol. The third-order valence-electron chi connectivity index (χ3n) is 2.65. The van der Waals surface area contributed by atoms with Gasteiger partial charge in [-0.05, 0) is 18.1 Å². The number of ether oxygens (including phenoxy) is 1. The Morgan fingerprint density at radius 1 is 1.40 bits per heavy atom. The third-order valence-corrected chi connectivity index (χ3v) is 4.40. The summed E-state index contributed by atoms with van der Waals surface area (Å²) in [6.07, 6.45) is 0. The molecule has 2 N–H and O–H groups in total. The molecular formula is C12H16ClNO5S. The van der Waals surface area contributed by atoms with E-state index in [1.807, 2.05) is 0 Å². The van der Waals surface area contributed by atoms with Crippen molar-refractivity contribution in [2.75, 3.05) is 7.11 Å². The molecule has 112 valence electrons. The Bertz CT molecular complexity index is 600. The number of benzene rings is 1. The number of halogens is 1. The summed E-state index contributed by atoms with van der Waals surface area (Å²) in [7, 11) is -2.61. The van der Waals surface area contributed by atoms with Crippen molar-refractivity contribution in [3.05, 3.63) is 23.2 Å². The molecule has 0 bridgehead atoms. The highest BCUT2D eigenvalue weighted by Crippen LogP contribution is 2.27. The number of rotatable bonds is 6. The van der Waals surface area contributed by atoms with Crippen molar-refractivity contribution in [3.63, 3.8) is 0 Å². The molecule has 0 amide bonds. The molecular weight excluding hydrogens is 306 g/mol. The molecule has 0 spiro atoms. The van der Waals surface area contributed by atoms with Gasteiger partial charge in [-0.15, -0.1) is 0 Å². The Labute approximate surface area is 122 Å². The summed E-state index contributed by atoms with van der Waals surface area (Å²) in [6, 6.07) is 2.69. The van der Waals surface area contributed by atoms with E-state index in [2.05, 4.69) is 4.72 Å². The van der Waals surface area contributed by atoms with Crippen LogP contribution in [0.25, 0.3) is 0 Å². The summed E-state index contributed by atoms with van der Waals surface area (Å²) in [5.41, 5.74) is 0. The van der Waals surface area contributed by atoms with E-state index in [4.69, 9.17) is 21.4 Å². The maximum Gasteiger partial charge on any atom is 0.322 e. The number of sulfonamides is 1. The van der Waals surface area contributed by atoms with Gasteiger partial charge in [0.05, 0.1) is 17.0 Å². The second kappa shape index (κ2) is 6.43. The molecule has 1 atom stereocenters. The summed E-state index contributed by atoms with van der Waals surface area (Å²) in [4.78, 5) is 10.9. The quantitative estimate of drug-likeness (QED) is 0.832. The largest absolute Gasteiger partial charge is 0.495 e. The van der Waals surface area contributed by atoms with Crippen molar-refractivity contribution in [2.24, 2.45) is 5.92 Å². The van der Waals surface area contributed by atoms with Crippen LogP contribution < -0.4 is 9.46 Å². The molecule has 0 heterocycles. The lowest BCUT2D eigenvalue weighted by Crippen LogP contribution is -2.44. The van der Waals surface area contributed by atoms with Crippen LogP contribution in [0.1, 0.15) is 13.8 Å². The lowest BCUT2D eigenvalue weighted by molar-refractivity contribution is -0.140. The Morgan fingerprint density at radius 2 is 2.00 bits per heavy atom. The van der Waals surface area contributed by atoms with Crippen LogP contribution in [0.4, 0.5) is 0 Å². The smallest absolute Gasteiger partial charge is 0.322 e. The molecule has 0 aliphatic heterocycles. The third kappa shape index (κ3) is 3.84. The standard InChI is InChI=1S/C12H16ClNO5S/c1-7(2)11(12(15)16)14-20(17,18)8-4-5-9(13)10(6-8)19-3/h4-7,11,14H,1-3H3,(H,15,16)/t11-/m1/s1. The summed E-state index contributed by atoms with van der Waals surface area (Å²) < 4.78 is 31.4. The van der Waals surface area contributed by atoms with Crippen LogP contribution >= 0.6 is 11.6 Å². The summed E-state index contributed by atoms with van der Waals surface area (Å²) in [6.45, 7) is 3.23. The Balaban J connectivity index is 3.14. The van der Waals surface area contributed by atoms with Gasteiger partial charge in [-0.3, -0.25) is 4.79 Å². The molecule has 6 nitrogen and oxygen atoms in total. The number of hydrogen-bond donors (Lipinski definition) is 2. The predicted octanol–water partition coefficient (Wildman–Crippen LogP) is 1.74. The van der Waals surface area contributed by atoms with E-state index in [-0.39, 0.29) is 15.7 Å². The minimum absolute atomic E-state index is 0.106. The number of carbonyl (C=O) groups is 1. The zero-order valence-corrected chi connectivity index (χ0v) is 12.8. The van der Waals surface area contributed by atoms with E-state index in [0.29, 0.717) is 0 Å². The molecule has 0 aliphatic carbocycles. The maximum atomic E-state index is 12.2. The first-order valence-corrected chi connectivity index (χ1v) is 7.64. The molecule has 1 aromatic rings. The van der Waals surface area contributed by atoms with Gasteiger partial charge in [-0.2, -0.15) is 4.72 Å². The van der Waals surface area contributed by atoms with Crippen LogP contribution in [0, 0.1) is 5.92 Å². The molecule has 0 aromatic heterocycles. The van der Waals surface area contributed by atoms with Gasteiger partial charge in [0.15, 0.2) is 0 Å². The minimum atomic E-state index is -3.97. The molecule has 20 heavy (non-hydrogen) atoms. The molecule has 8 heteroatoms. The van der Waals surface area contributed by atoms with Gasteiger partial charge >= 0.3 is 5.97 Å². The lowest BCUT2D eigenvalue weighted by atomic mass is 10.1. The van der Waals surface area contributed by atoms with Crippen LogP contribution in [0.5, 0.6) is 5.75 Å². The predicted molar refractivity (Wildman–Crippen MR) is 74.6 cm³/mol. The first-order valence-electron chi connectivity index (χ1n) is 5.77. The number of hydrogen-bond acceptors (Lipinski definition) is 4. The average Bonchev–Trinajstić information content (AvgIpc) is 2.35. The van der Waals surface area contributed by atoms with E-state index in [9.17, 15) is 13.2 Å². The summed E-state index contributed by atoms with van der Waals surface area (Å²) in [5, 5.41) is 9.29. The fraction of sp³-hybridized carbons (Fsp3) is 0.417. The monoisotopic (exact) mass is 321 g/mol.